The summed E-state index contributed by atoms with van der Waals surface area (Å²) in [7, 11) is 0. The fourth-order valence-corrected chi connectivity index (χ4v) is 6.77. The zero-order valence-electron chi connectivity index (χ0n) is 16.1. The Bertz CT molecular complexity index is 739. The van der Waals surface area contributed by atoms with Crippen molar-refractivity contribution < 1.29 is 9.59 Å². The Morgan fingerprint density at radius 2 is 1.81 bits per heavy atom. The maximum atomic E-state index is 13.7. The molecule has 1 aromatic rings. The van der Waals surface area contributed by atoms with Crippen LogP contribution in [0.3, 0.4) is 0 Å². The molecule has 4 bridgehead atoms. The van der Waals surface area contributed by atoms with Gasteiger partial charge in [-0.2, -0.15) is 0 Å². The average Bonchev–Trinajstić information content (AvgIpc) is 3.09. The number of likely N-dealkylation sites (tertiary alicyclic amines) is 1. The summed E-state index contributed by atoms with van der Waals surface area (Å²) >= 11 is 0. The van der Waals surface area contributed by atoms with Crippen LogP contribution >= 0.6 is 0 Å². The number of amides is 2. The standard InChI is InChI=1S/C22H29N3O2/c1-14-4-5-23-19(7-14)24-20(26)18-3-2-6-25(18)21(27)22-11-15-8-16(12-22)10-17(9-15)13-22/h4-5,7,15-18H,2-3,6,8-13H2,1H3,(H,23,24,26)/t15?,16?,17?,18-,22?/m1/s1. The molecule has 1 aliphatic heterocycles. The van der Waals surface area contributed by atoms with Crippen molar-refractivity contribution in [3.05, 3.63) is 23.9 Å². The van der Waals surface area contributed by atoms with Crippen LogP contribution in [0.1, 0.15) is 56.9 Å². The lowest BCUT2D eigenvalue weighted by atomic mass is 9.49. The molecule has 4 saturated carbocycles. The Kier molecular flexibility index (Phi) is 4.03. The van der Waals surface area contributed by atoms with E-state index in [4.69, 9.17) is 0 Å². The average molecular weight is 367 g/mol. The van der Waals surface area contributed by atoms with Gasteiger partial charge in [0.25, 0.3) is 0 Å². The number of pyridine rings is 1. The van der Waals surface area contributed by atoms with Crippen molar-refractivity contribution in [1.82, 2.24) is 9.88 Å². The number of rotatable bonds is 3. The van der Waals surface area contributed by atoms with E-state index in [1.165, 1.54) is 19.3 Å². The molecule has 0 radical (unpaired) electrons. The predicted octanol–water partition coefficient (Wildman–Crippen LogP) is 3.54. The molecule has 0 unspecified atom stereocenters. The molecule has 1 atom stereocenters. The van der Waals surface area contributed by atoms with Crippen LogP contribution in [-0.4, -0.2) is 34.3 Å². The molecule has 27 heavy (non-hydrogen) atoms. The van der Waals surface area contributed by atoms with Gasteiger partial charge in [0.05, 0.1) is 5.41 Å². The van der Waals surface area contributed by atoms with E-state index < -0.39 is 0 Å². The first-order valence-electron chi connectivity index (χ1n) is 10.6. The summed E-state index contributed by atoms with van der Waals surface area (Å²) < 4.78 is 0. The fraction of sp³-hybridized carbons (Fsp3) is 0.682. The molecule has 144 valence electrons. The van der Waals surface area contributed by atoms with Gasteiger partial charge >= 0.3 is 0 Å². The number of nitrogens with one attached hydrogen (secondary N) is 1. The van der Waals surface area contributed by atoms with Crippen molar-refractivity contribution in [3.63, 3.8) is 0 Å². The second kappa shape index (κ2) is 6.32. The Balaban J connectivity index is 1.33. The summed E-state index contributed by atoms with van der Waals surface area (Å²) in [4.78, 5) is 32.7. The second-order valence-electron chi connectivity index (χ2n) is 9.56. The first kappa shape index (κ1) is 17.2. The molecule has 1 aromatic heterocycles. The Labute approximate surface area is 160 Å². The predicted molar refractivity (Wildman–Crippen MR) is 103 cm³/mol. The molecule has 5 aliphatic rings. The minimum absolute atomic E-state index is 0.0799. The molecule has 2 amide bonds. The number of aromatic nitrogens is 1. The number of hydrogen-bond donors (Lipinski definition) is 1. The summed E-state index contributed by atoms with van der Waals surface area (Å²) in [6, 6.07) is 3.44. The molecule has 5 fully saturated rings. The Hall–Kier alpha value is -1.91. The third kappa shape index (κ3) is 2.95. The summed E-state index contributed by atoms with van der Waals surface area (Å²) in [5, 5.41) is 2.94. The molecule has 1 saturated heterocycles. The van der Waals surface area contributed by atoms with Gasteiger partial charge in [-0.25, -0.2) is 4.98 Å². The van der Waals surface area contributed by atoms with Crippen LogP contribution in [0.2, 0.25) is 0 Å². The van der Waals surface area contributed by atoms with Gasteiger partial charge in [0.1, 0.15) is 11.9 Å². The van der Waals surface area contributed by atoms with E-state index in [1.807, 2.05) is 24.0 Å². The van der Waals surface area contributed by atoms with Gasteiger partial charge in [-0.3, -0.25) is 9.59 Å². The molecule has 5 nitrogen and oxygen atoms in total. The van der Waals surface area contributed by atoms with Crippen LogP contribution in [0.25, 0.3) is 0 Å². The minimum Gasteiger partial charge on any atom is -0.330 e. The molecule has 0 spiro atoms. The monoisotopic (exact) mass is 367 g/mol. The van der Waals surface area contributed by atoms with Gasteiger partial charge in [-0.1, -0.05) is 0 Å². The van der Waals surface area contributed by atoms with Gasteiger partial charge in [0.15, 0.2) is 0 Å². The van der Waals surface area contributed by atoms with E-state index in [1.54, 1.807) is 6.20 Å². The summed E-state index contributed by atoms with van der Waals surface area (Å²) in [5.74, 6) is 3.00. The maximum absolute atomic E-state index is 13.7. The third-order valence-corrected chi connectivity index (χ3v) is 7.47. The Morgan fingerprint density at radius 1 is 1.15 bits per heavy atom. The lowest BCUT2D eigenvalue weighted by molar-refractivity contribution is -0.160. The fourth-order valence-electron chi connectivity index (χ4n) is 6.77. The maximum Gasteiger partial charge on any atom is 0.248 e. The zero-order valence-corrected chi connectivity index (χ0v) is 16.1. The smallest absolute Gasteiger partial charge is 0.248 e. The van der Waals surface area contributed by atoms with Gasteiger partial charge < -0.3 is 10.2 Å². The summed E-state index contributed by atoms with van der Waals surface area (Å²) in [6.45, 7) is 2.70. The van der Waals surface area contributed by atoms with Crippen molar-refractivity contribution >= 4 is 17.6 Å². The largest absolute Gasteiger partial charge is 0.330 e. The van der Waals surface area contributed by atoms with Gasteiger partial charge in [0.2, 0.25) is 11.8 Å². The molecule has 1 N–H and O–H groups in total. The first-order chi connectivity index (χ1) is 13.0. The van der Waals surface area contributed by atoms with Gasteiger partial charge in [-0.15, -0.1) is 0 Å². The number of hydrogen-bond acceptors (Lipinski definition) is 3. The van der Waals surface area contributed by atoms with E-state index in [2.05, 4.69) is 10.3 Å². The summed E-state index contributed by atoms with van der Waals surface area (Å²) in [5.41, 5.74) is 0.896. The van der Waals surface area contributed by atoms with Gasteiger partial charge in [-0.05, 0) is 93.7 Å². The molecular weight excluding hydrogens is 338 g/mol. The highest BCUT2D eigenvalue weighted by molar-refractivity contribution is 5.98. The number of anilines is 1. The van der Waals surface area contributed by atoms with Crippen LogP contribution in [0, 0.1) is 30.1 Å². The topological polar surface area (TPSA) is 62.3 Å². The Morgan fingerprint density at radius 3 is 2.44 bits per heavy atom. The van der Waals surface area contributed by atoms with Crippen molar-refractivity contribution in [3.8, 4) is 0 Å². The van der Waals surface area contributed by atoms with E-state index in [0.717, 1.165) is 62.0 Å². The lowest BCUT2D eigenvalue weighted by Gasteiger charge is -2.56. The van der Waals surface area contributed by atoms with E-state index in [-0.39, 0.29) is 23.3 Å². The van der Waals surface area contributed by atoms with E-state index in [9.17, 15) is 9.59 Å². The highest BCUT2D eigenvalue weighted by Crippen LogP contribution is 2.60. The van der Waals surface area contributed by atoms with Crippen LogP contribution in [0.5, 0.6) is 0 Å². The number of carbonyl (C=O) groups is 2. The lowest BCUT2D eigenvalue weighted by Crippen LogP contribution is -2.56. The third-order valence-electron chi connectivity index (χ3n) is 7.47. The molecule has 2 heterocycles. The molecule has 0 aromatic carbocycles. The second-order valence-corrected chi connectivity index (χ2v) is 9.56. The van der Waals surface area contributed by atoms with Crippen molar-refractivity contribution in [2.45, 2.75) is 64.3 Å². The van der Waals surface area contributed by atoms with Crippen LogP contribution in [0.15, 0.2) is 18.3 Å². The summed E-state index contributed by atoms with van der Waals surface area (Å²) in [6.07, 6.45) is 10.5. The molecule has 5 heteroatoms. The zero-order chi connectivity index (χ0) is 18.6. The SMILES string of the molecule is Cc1ccnc(NC(=O)[C@H]2CCCN2C(=O)C23CC4CC(CC(C4)C2)C3)c1. The minimum atomic E-state index is -0.340. The normalized spacial score (nSPS) is 36.9. The number of aryl methyl sites for hydroxylation is 1. The molecular formula is C22H29N3O2. The number of nitrogens with zero attached hydrogens (tertiary/aromatic N) is 2. The van der Waals surface area contributed by atoms with Crippen molar-refractivity contribution in [2.75, 3.05) is 11.9 Å². The quantitative estimate of drug-likeness (QED) is 0.889. The van der Waals surface area contributed by atoms with Crippen molar-refractivity contribution in [1.29, 1.82) is 0 Å². The molecule has 6 rings (SSSR count). The van der Waals surface area contributed by atoms with Crippen LogP contribution in [0.4, 0.5) is 5.82 Å². The van der Waals surface area contributed by atoms with Crippen LogP contribution < -0.4 is 5.32 Å². The first-order valence-corrected chi connectivity index (χ1v) is 10.6. The van der Waals surface area contributed by atoms with Crippen molar-refractivity contribution in [2.24, 2.45) is 23.2 Å². The molecule has 4 aliphatic carbocycles. The van der Waals surface area contributed by atoms with Gasteiger partial charge in [0, 0.05) is 12.7 Å². The van der Waals surface area contributed by atoms with E-state index >= 15 is 0 Å². The van der Waals surface area contributed by atoms with E-state index in [0.29, 0.717) is 5.82 Å². The van der Waals surface area contributed by atoms with Crippen LogP contribution in [-0.2, 0) is 9.59 Å². The number of carbonyl (C=O) groups excluding carboxylic acids is 2. The highest BCUT2D eigenvalue weighted by atomic mass is 16.2. The highest BCUT2D eigenvalue weighted by Gasteiger charge is 2.56.